The summed E-state index contributed by atoms with van der Waals surface area (Å²) in [5.41, 5.74) is 6.64. The highest BCUT2D eigenvalue weighted by molar-refractivity contribution is 6.30. The topological polar surface area (TPSA) is 13.0 Å². The Labute approximate surface area is 679 Å². The van der Waals surface area contributed by atoms with Crippen LogP contribution in [0.2, 0.25) is 0 Å². The minimum atomic E-state index is -0.832. The van der Waals surface area contributed by atoms with Gasteiger partial charge in [0.1, 0.15) is 69.8 Å². The highest BCUT2D eigenvalue weighted by Gasteiger charge is 2.30. The van der Waals surface area contributed by atoms with Gasteiger partial charge in [0.15, 0.2) is 0 Å². The number of anilines is 12. The first kappa shape index (κ1) is 74.9. The lowest BCUT2D eigenvalue weighted by molar-refractivity contribution is 0.585. The van der Waals surface area contributed by atoms with Gasteiger partial charge in [0.25, 0.3) is 0 Å². The van der Waals surface area contributed by atoms with Crippen LogP contribution in [-0.2, 0) is 0 Å². The Kier molecular flexibility index (Phi) is 19.2. The maximum atomic E-state index is 16.3. The maximum Gasteiger partial charge on any atom is 0.150 e. The normalized spacial score (nSPS) is 11.5. The summed E-state index contributed by atoms with van der Waals surface area (Å²) in [6, 6.07) is 98.6. The van der Waals surface area contributed by atoms with E-state index >= 15 is 35.1 Å². The molecule has 20 rings (SSSR count). The summed E-state index contributed by atoms with van der Waals surface area (Å²) < 4.78 is 184. The Balaban J connectivity index is 0.000000159. The summed E-state index contributed by atoms with van der Waals surface area (Å²) in [7, 11) is 0. The van der Waals surface area contributed by atoms with E-state index in [-0.39, 0.29) is 56.1 Å². The van der Waals surface area contributed by atoms with E-state index in [0.717, 1.165) is 88.9 Å². The third-order valence-electron chi connectivity index (χ3n) is 21.9. The molecule has 20 aromatic carbocycles. The second-order valence-corrected chi connectivity index (χ2v) is 29.0. The van der Waals surface area contributed by atoms with Crippen LogP contribution in [0.25, 0.3) is 109 Å². The van der Waals surface area contributed by atoms with Gasteiger partial charge in [0.2, 0.25) is 0 Å². The van der Waals surface area contributed by atoms with Crippen molar-refractivity contribution >= 4 is 133 Å². The summed E-state index contributed by atoms with van der Waals surface area (Å²) in [5.74, 6) is -8.53. The summed E-state index contributed by atoms with van der Waals surface area (Å²) in [6.45, 7) is 0. The molecular weight excluding hydrogens is 1530 g/mol. The SMILES string of the molecule is Fc1ccc(-c2cc(N(c3ccccc3)c3ccc4ccc5c(N(c6ccccc6)c6cc(-c7ccc(F)cc7)c(F)cc6F)ccc6ccc3c4c65)c(F)cc2F)cc1.Fc1cccc(-c2cc(N(c3ccccc3)c3ccc4ccc5c(N(c6ccccc6)c6cc(-c7cccc(F)c7)c(F)cc6F)ccc6ccc3c4c65)c(F)cc2F)c1. The van der Waals surface area contributed by atoms with E-state index in [0.29, 0.717) is 56.6 Å². The Morgan fingerprint density at radius 1 is 0.150 bits per heavy atom. The Bertz CT molecular complexity index is 6890. The molecule has 0 atom stereocenters. The second-order valence-electron chi connectivity index (χ2n) is 29.0. The minimum absolute atomic E-state index is 0.0313. The number of benzene rings is 20. The predicted octanol–water partition coefficient (Wildman–Crippen LogP) is 31.4. The zero-order chi connectivity index (χ0) is 82.1. The number of rotatable bonds is 16. The zero-order valence-corrected chi connectivity index (χ0v) is 63.0. The van der Waals surface area contributed by atoms with E-state index in [1.54, 1.807) is 31.7 Å². The van der Waals surface area contributed by atoms with Gasteiger partial charge in [-0.2, -0.15) is 0 Å². The number of halogens is 12. The molecule has 0 fully saturated rings. The number of hydrogen-bond donors (Lipinski definition) is 0. The van der Waals surface area contributed by atoms with E-state index in [9.17, 15) is 17.6 Å². The van der Waals surface area contributed by atoms with Gasteiger partial charge in [0.05, 0.1) is 45.5 Å². The van der Waals surface area contributed by atoms with Gasteiger partial charge < -0.3 is 19.6 Å². The van der Waals surface area contributed by atoms with Gasteiger partial charge in [-0.25, -0.2) is 52.7 Å². The molecule has 0 spiro atoms. The molecule has 0 saturated heterocycles. The molecule has 0 unspecified atom stereocenters. The fourth-order valence-corrected chi connectivity index (χ4v) is 16.6. The average molecular weight is 1590 g/mol. The van der Waals surface area contributed by atoms with Crippen molar-refractivity contribution in [2.75, 3.05) is 19.6 Å². The zero-order valence-electron chi connectivity index (χ0n) is 63.0. The first-order valence-electron chi connectivity index (χ1n) is 38.3. The second kappa shape index (κ2) is 30.8. The predicted molar refractivity (Wildman–Crippen MR) is 460 cm³/mol. The number of hydrogen-bond acceptors (Lipinski definition) is 4. The van der Waals surface area contributed by atoms with Crippen molar-refractivity contribution in [3.8, 4) is 44.5 Å². The van der Waals surface area contributed by atoms with Crippen LogP contribution in [0, 0.1) is 69.8 Å². The van der Waals surface area contributed by atoms with Crippen LogP contribution in [0.5, 0.6) is 0 Å². The molecule has 0 radical (unpaired) electrons. The van der Waals surface area contributed by atoms with E-state index in [4.69, 9.17) is 0 Å². The van der Waals surface area contributed by atoms with Crippen LogP contribution >= 0.6 is 0 Å². The fourth-order valence-electron chi connectivity index (χ4n) is 16.6. The van der Waals surface area contributed by atoms with Crippen molar-refractivity contribution in [2.24, 2.45) is 0 Å². The number of para-hydroxylation sites is 4. The van der Waals surface area contributed by atoms with E-state index in [1.807, 2.05) is 218 Å². The average Bonchev–Trinajstić information content (AvgIpc) is 0.721. The van der Waals surface area contributed by atoms with Crippen molar-refractivity contribution in [1.82, 2.24) is 0 Å². The molecule has 0 N–H and O–H groups in total. The van der Waals surface area contributed by atoms with Crippen molar-refractivity contribution in [1.29, 1.82) is 0 Å². The van der Waals surface area contributed by atoms with Crippen LogP contribution in [-0.4, -0.2) is 0 Å². The van der Waals surface area contributed by atoms with Crippen LogP contribution in [0.1, 0.15) is 0 Å². The van der Waals surface area contributed by atoms with E-state index < -0.39 is 69.8 Å². The van der Waals surface area contributed by atoms with Gasteiger partial charge in [-0.05, 0) is 211 Å². The smallest absolute Gasteiger partial charge is 0.150 e. The highest BCUT2D eigenvalue weighted by atomic mass is 19.2. The lowest BCUT2D eigenvalue weighted by Crippen LogP contribution is -2.13. The number of nitrogens with zero attached hydrogens (tertiary/aromatic N) is 4. The standard InChI is InChI=1S/2C52H30F6N2/c53-35-11-7-9-33(25-35)41-27-49(45(57)29-43(41)55)59(37-13-3-1-4-14-37)47-23-19-31-18-22-40-48(24-20-32-17-21-39(47)51(31)52(32)40)60(38-15-5-2-6-16-38)50-28-42(44(56)30-46(50)58)34-10-8-12-36(54)26-34;53-35-19-11-31(12-20-35)41-27-49(45(57)29-43(41)55)59(37-7-3-1-4-8-37)47-25-17-33-16-24-40-48(26-18-34-15-23-39(47)51(33)52(34)40)60(38-9-5-2-6-10-38)50-28-42(44(56)30-46(50)58)32-13-21-36(54)22-14-32/h2*1-30H. The molecule has 0 aliphatic carbocycles. The van der Waals surface area contributed by atoms with Crippen molar-refractivity contribution < 1.29 is 52.7 Å². The van der Waals surface area contributed by atoms with Gasteiger partial charge in [-0.3, -0.25) is 0 Å². The lowest BCUT2D eigenvalue weighted by atomic mass is 9.91. The third kappa shape index (κ3) is 13.5. The van der Waals surface area contributed by atoms with Crippen LogP contribution < -0.4 is 19.6 Å². The molecule has 0 bridgehead atoms. The molecule has 20 aromatic rings. The summed E-state index contributed by atoms with van der Waals surface area (Å²) >= 11 is 0. The minimum Gasteiger partial charge on any atom is -0.307 e. The highest BCUT2D eigenvalue weighted by Crippen LogP contribution is 2.53. The first-order chi connectivity index (χ1) is 58.5. The van der Waals surface area contributed by atoms with Crippen LogP contribution in [0.3, 0.4) is 0 Å². The summed E-state index contributed by atoms with van der Waals surface area (Å²) in [5, 5.41) is 9.94. The molecule has 0 aliphatic heterocycles. The van der Waals surface area contributed by atoms with E-state index in [1.165, 1.54) is 109 Å². The van der Waals surface area contributed by atoms with Gasteiger partial charge >= 0.3 is 0 Å². The van der Waals surface area contributed by atoms with Crippen molar-refractivity contribution in [3.05, 3.63) is 434 Å². The molecular formula is C104H60F12N4. The molecule has 0 aliphatic rings. The van der Waals surface area contributed by atoms with Crippen LogP contribution in [0.4, 0.5) is 121 Å². The van der Waals surface area contributed by atoms with Crippen LogP contribution in [0.15, 0.2) is 364 Å². The van der Waals surface area contributed by atoms with Gasteiger partial charge in [-0.15, -0.1) is 0 Å². The van der Waals surface area contributed by atoms with Gasteiger partial charge in [-0.1, -0.05) is 194 Å². The van der Waals surface area contributed by atoms with Gasteiger partial charge in [0, 0.05) is 90.8 Å². The van der Waals surface area contributed by atoms with Crippen molar-refractivity contribution in [3.63, 3.8) is 0 Å². The largest absolute Gasteiger partial charge is 0.307 e. The molecule has 0 aromatic heterocycles. The first-order valence-corrected chi connectivity index (χ1v) is 38.3. The lowest BCUT2D eigenvalue weighted by Gasteiger charge is -2.30. The molecule has 0 heterocycles. The molecule has 16 heteroatoms. The summed E-state index contributed by atoms with van der Waals surface area (Å²) in [6.07, 6.45) is 0. The molecule has 4 nitrogen and oxygen atoms in total. The monoisotopic (exact) mass is 1590 g/mol. The Morgan fingerprint density at radius 2 is 0.383 bits per heavy atom. The van der Waals surface area contributed by atoms with Crippen molar-refractivity contribution in [2.45, 2.75) is 0 Å². The molecule has 120 heavy (non-hydrogen) atoms. The third-order valence-corrected chi connectivity index (χ3v) is 21.9. The maximum absolute atomic E-state index is 16.3. The quantitative estimate of drug-likeness (QED) is 0.0706. The fraction of sp³-hybridized carbons (Fsp3) is 0. The Hall–Kier alpha value is -15.2. The Morgan fingerprint density at radius 3 is 0.625 bits per heavy atom. The molecule has 0 saturated carbocycles. The molecule has 580 valence electrons. The summed E-state index contributed by atoms with van der Waals surface area (Å²) in [4.78, 5) is 6.94. The molecule has 0 amide bonds. The van der Waals surface area contributed by atoms with E-state index in [2.05, 4.69) is 0 Å².